The number of H-pyrrole nitrogens is 1. The first kappa shape index (κ1) is 31.8. The van der Waals surface area contributed by atoms with Gasteiger partial charge >= 0.3 is 0 Å². The standard InChI is InChI=1S/C46H33N3.C2H6/c1-30(32-15-5-3-6-16-32)29-41(47-31(2)33-17-7-4-8-18-33)34-25-27-35(28-26-34)49-42-24-14-12-22-39(42)44-43-38-21-11-13-23-40(38)48-45(43)36-19-9-10-20-37(36)46(44)49;1-2/h3-29,48H,2H2,1H3;1-2H3/b30-29+,47-41?;. The lowest BCUT2D eigenvalue weighted by Gasteiger charge is -2.13. The molecule has 1 N–H and O–H groups in total. The summed E-state index contributed by atoms with van der Waals surface area (Å²) in [6.07, 6.45) is 2.17. The Morgan fingerprint density at radius 1 is 0.569 bits per heavy atom. The van der Waals surface area contributed by atoms with Crippen LogP contribution in [0, 0.1) is 0 Å². The molecule has 2 aromatic heterocycles. The van der Waals surface area contributed by atoms with Crippen LogP contribution in [-0.2, 0) is 0 Å². The second kappa shape index (κ2) is 13.5. The second-order valence-electron chi connectivity index (χ2n) is 12.6. The van der Waals surface area contributed by atoms with Gasteiger partial charge in [-0.1, -0.05) is 154 Å². The largest absolute Gasteiger partial charge is 0.354 e. The quantitative estimate of drug-likeness (QED) is 0.173. The van der Waals surface area contributed by atoms with Gasteiger partial charge in [0, 0.05) is 49.1 Å². The molecule has 0 fully saturated rings. The first-order valence-electron chi connectivity index (χ1n) is 17.7. The Kier molecular flexibility index (Phi) is 8.39. The van der Waals surface area contributed by atoms with E-state index in [4.69, 9.17) is 4.99 Å². The van der Waals surface area contributed by atoms with Crippen LogP contribution in [0.4, 0.5) is 0 Å². The van der Waals surface area contributed by atoms with E-state index < -0.39 is 0 Å². The number of rotatable bonds is 6. The van der Waals surface area contributed by atoms with E-state index in [1.807, 2.05) is 38.1 Å². The van der Waals surface area contributed by atoms with E-state index in [0.29, 0.717) is 0 Å². The Hall–Kier alpha value is -6.45. The number of nitrogens with one attached hydrogen (secondary N) is 1. The van der Waals surface area contributed by atoms with E-state index in [0.717, 1.165) is 44.9 Å². The van der Waals surface area contributed by atoms with Crippen molar-refractivity contribution < 1.29 is 0 Å². The Labute approximate surface area is 298 Å². The van der Waals surface area contributed by atoms with Crippen molar-refractivity contribution in [3.63, 3.8) is 0 Å². The summed E-state index contributed by atoms with van der Waals surface area (Å²) in [5.41, 5.74) is 11.8. The smallest absolute Gasteiger partial charge is 0.0712 e. The first-order valence-corrected chi connectivity index (χ1v) is 17.7. The number of aliphatic imine (C=N–C) groups is 1. The molecule has 3 nitrogen and oxygen atoms in total. The summed E-state index contributed by atoms with van der Waals surface area (Å²) in [7, 11) is 0. The topological polar surface area (TPSA) is 33.1 Å². The van der Waals surface area contributed by atoms with Crippen LogP contribution < -0.4 is 0 Å². The van der Waals surface area contributed by atoms with Gasteiger partial charge < -0.3 is 9.55 Å². The molecule has 0 aliphatic heterocycles. The third kappa shape index (κ3) is 5.53. The molecule has 0 atom stereocenters. The molecule has 7 aromatic carbocycles. The maximum Gasteiger partial charge on any atom is 0.0712 e. The fourth-order valence-electron chi connectivity index (χ4n) is 7.32. The molecule has 9 rings (SSSR count). The maximum absolute atomic E-state index is 5.11. The number of nitrogens with zero attached hydrogens (tertiary/aromatic N) is 2. The van der Waals surface area contributed by atoms with Crippen molar-refractivity contribution in [2.45, 2.75) is 20.8 Å². The predicted octanol–water partition coefficient (Wildman–Crippen LogP) is 13.2. The zero-order valence-corrected chi connectivity index (χ0v) is 29.2. The van der Waals surface area contributed by atoms with Gasteiger partial charge in [-0.3, -0.25) is 0 Å². The fraction of sp³-hybridized carbons (Fsp3) is 0.0625. The molecule has 2 heterocycles. The molecule has 9 aromatic rings. The summed E-state index contributed by atoms with van der Waals surface area (Å²) in [5.74, 6) is 0. The van der Waals surface area contributed by atoms with E-state index in [2.05, 4.69) is 163 Å². The van der Waals surface area contributed by atoms with Crippen molar-refractivity contribution in [3.05, 3.63) is 187 Å². The van der Waals surface area contributed by atoms with Gasteiger partial charge in [0.05, 0.1) is 28.0 Å². The average Bonchev–Trinajstić information content (AvgIpc) is 3.76. The van der Waals surface area contributed by atoms with Crippen LogP contribution in [0.3, 0.4) is 0 Å². The van der Waals surface area contributed by atoms with E-state index in [-0.39, 0.29) is 0 Å². The molecule has 0 amide bonds. The summed E-state index contributed by atoms with van der Waals surface area (Å²) in [4.78, 5) is 8.87. The van der Waals surface area contributed by atoms with Gasteiger partial charge in [0.15, 0.2) is 0 Å². The van der Waals surface area contributed by atoms with Crippen molar-refractivity contribution in [1.82, 2.24) is 9.55 Å². The summed E-state index contributed by atoms with van der Waals surface area (Å²) in [5, 5.41) is 7.47. The van der Waals surface area contributed by atoms with Crippen molar-refractivity contribution >= 4 is 71.4 Å². The second-order valence-corrected chi connectivity index (χ2v) is 12.6. The summed E-state index contributed by atoms with van der Waals surface area (Å²) in [6.45, 7) is 10.5. The summed E-state index contributed by atoms with van der Waals surface area (Å²) in [6, 6.07) is 55.6. The van der Waals surface area contributed by atoms with E-state index >= 15 is 0 Å². The number of allylic oxidation sites excluding steroid dienone is 2. The highest BCUT2D eigenvalue weighted by Crippen LogP contribution is 2.44. The lowest BCUT2D eigenvalue weighted by Crippen LogP contribution is -2.01. The molecule has 0 unspecified atom stereocenters. The average molecular weight is 658 g/mol. The van der Waals surface area contributed by atoms with Gasteiger partial charge in [-0.25, -0.2) is 4.99 Å². The Balaban J connectivity index is 0.00000184. The number of fused-ring (bicyclic) bond motifs is 10. The number of para-hydroxylation sites is 2. The van der Waals surface area contributed by atoms with E-state index in [1.165, 1.54) is 48.9 Å². The zero-order chi connectivity index (χ0) is 34.9. The molecular weight excluding hydrogens is 619 g/mol. The van der Waals surface area contributed by atoms with Crippen LogP contribution in [-0.4, -0.2) is 15.3 Å². The molecule has 0 aliphatic carbocycles. The predicted molar refractivity (Wildman–Crippen MR) is 221 cm³/mol. The van der Waals surface area contributed by atoms with Gasteiger partial charge in [-0.05, 0) is 54.0 Å². The van der Waals surface area contributed by atoms with Gasteiger partial charge in [0.1, 0.15) is 0 Å². The molecule has 3 heteroatoms. The molecule has 0 saturated heterocycles. The molecule has 246 valence electrons. The normalized spacial score (nSPS) is 12.1. The molecule has 51 heavy (non-hydrogen) atoms. The van der Waals surface area contributed by atoms with Crippen molar-refractivity contribution in [1.29, 1.82) is 0 Å². The molecule has 0 spiro atoms. The Bertz CT molecular complexity index is 2760. The zero-order valence-electron chi connectivity index (χ0n) is 29.2. The number of hydrogen-bond acceptors (Lipinski definition) is 1. The number of aromatic nitrogens is 2. The minimum absolute atomic E-state index is 0.730. The number of benzene rings is 7. The van der Waals surface area contributed by atoms with Crippen LogP contribution in [0.2, 0.25) is 0 Å². The molecule has 0 bridgehead atoms. The van der Waals surface area contributed by atoms with Crippen molar-refractivity contribution in [2.24, 2.45) is 4.99 Å². The molecule has 0 aliphatic rings. The van der Waals surface area contributed by atoms with Gasteiger partial charge in [0.2, 0.25) is 0 Å². The Morgan fingerprint density at radius 3 is 1.84 bits per heavy atom. The third-order valence-corrected chi connectivity index (χ3v) is 9.65. The Morgan fingerprint density at radius 2 is 1.14 bits per heavy atom. The third-order valence-electron chi connectivity index (χ3n) is 9.65. The lowest BCUT2D eigenvalue weighted by molar-refractivity contribution is 1.19. The highest BCUT2D eigenvalue weighted by Gasteiger charge is 2.21. The van der Waals surface area contributed by atoms with Crippen LogP contribution in [0.5, 0.6) is 0 Å². The minimum Gasteiger partial charge on any atom is -0.354 e. The van der Waals surface area contributed by atoms with E-state index in [1.54, 1.807) is 0 Å². The van der Waals surface area contributed by atoms with Gasteiger partial charge in [0.25, 0.3) is 0 Å². The fourth-order valence-corrected chi connectivity index (χ4v) is 7.32. The van der Waals surface area contributed by atoms with Crippen LogP contribution in [0.15, 0.2) is 175 Å². The van der Waals surface area contributed by atoms with Crippen LogP contribution >= 0.6 is 0 Å². The summed E-state index contributed by atoms with van der Waals surface area (Å²) < 4.78 is 2.43. The van der Waals surface area contributed by atoms with Gasteiger partial charge in [-0.2, -0.15) is 0 Å². The number of hydrogen-bond donors (Lipinski definition) is 1. The van der Waals surface area contributed by atoms with Crippen LogP contribution in [0.1, 0.15) is 37.5 Å². The highest BCUT2D eigenvalue weighted by molar-refractivity contribution is 6.36. The molecule has 0 saturated carbocycles. The lowest BCUT2D eigenvalue weighted by atomic mass is 9.99. The molecule has 0 radical (unpaired) electrons. The summed E-state index contributed by atoms with van der Waals surface area (Å²) >= 11 is 0. The van der Waals surface area contributed by atoms with E-state index in [9.17, 15) is 0 Å². The molecular formula is C48H39N3. The maximum atomic E-state index is 5.11. The number of aromatic amines is 1. The first-order chi connectivity index (χ1) is 25.2. The van der Waals surface area contributed by atoms with Crippen molar-refractivity contribution in [3.8, 4) is 5.69 Å². The SMILES string of the molecule is C=C(N=C(/C=C(\C)c1ccccc1)c1ccc(-n2c3ccccc3c3c4c5ccccc5[nH]c4c4ccccc4c32)cc1)c1ccccc1.CC. The van der Waals surface area contributed by atoms with Gasteiger partial charge in [-0.15, -0.1) is 0 Å². The minimum atomic E-state index is 0.730. The van der Waals surface area contributed by atoms with Crippen molar-refractivity contribution in [2.75, 3.05) is 0 Å². The highest BCUT2D eigenvalue weighted by atomic mass is 15.0. The van der Waals surface area contributed by atoms with Crippen LogP contribution in [0.25, 0.3) is 71.3 Å². The monoisotopic (exact) mass is 657 g/mol.